The van der Waals surface area contributed by atoms with Crippen LogP contribution in [0.3, 0.4) is 0 Å². The summed E-state index contributed by atoms with van der Waals surface area (Å²) in [5.74, 6) is -0.508. The maximum Gasteiger partial charge on any atom is 0.259 e. The van der Waals surface area contributed by atoms with E-state index in [2.05, 4.69) is 0 Å². The van der Waals surface area contributed by atoms with Crippen LogP contribution in [0.25, 0.3) is 0 Å². The number of nitrogens with zero attached hydrogens (tertiary/aromatic N) is 1. The van der Waals surface area contributed by atoms with E-state index in [1.165, 1.54) is 24.3 Å². The number of amides is 1. The van der Waals surface area contributed by atoms with Crippen LogP contribution in [0, 0.1) is 0 Å². The van der Waals surface area contributed by atoms with Crippen LogP contribution in [-0.2, 0) is 19.2 Å². The molecular formula is C15H26ClNO4SSi2. The molecule has 0 fully saturated rings. The number of halogens is 1. The van der Waals surface area contributed by atoms with Gasteiger partial charge in [-0.25, -0.2) is 8.42 Å². The first kappa shape index (κ1) is 21.4. The number of sulfonamides is 1. The average Bonchev–Trinajstić information content (AvgIpc) is 2.35. The molecule has 0 bridgehead atoms. The van der Waals surface area contributed by atoms with Crippen LogP contribution >= 0.6 is 11.6 Å². The Morgan fingerprint density at radius 3 is 1.92 bits per heavy atom. The first-order valence-electron chi connectivity index (χ1n) is 7.69. The largest absolute Gasteiger partial charge is 0.406 e. The minimum atomic E-state index is -3.95. The zero-order valence-electron chi connectivity index (χ0n) is 15.3. The van der Waals surface area contributed by atoms with Crippen molar-refractivity contribution in [1.29, 1.82) is 0 Å². The monoisotopic (exact) mass is 407 g/mol. The third-order valence-corrected chi connectivity index (χ3v) is 9.68. The molecule has 0 radical (unpaired) electrons. The summed E-state index contributed by atoms with van der Waals surface area (Å²) in [6.07, 6.45) is -0.800. The highest BCUT2D eigenvalue weighted by Crippen LogP contribution is 2.25. The third kappa shape index (κ3) is 5.42. The summed E-state index contributed by atoms with van der Waals surface area (Å²) in [6.45, 7) is 13.0. The molecule has 0 saturated carbocycles. The van der Waals surface area contributed by atoms with Gasteiger partial charge in [-0.2, -0.15) is 0 Å². The number of carbonyl (C=O) groups excluding carboxylic acids is 1. The van der Waals surface area contributed by atoms with E-state index in [1.807, 2.05) is 39.3 Å². The van der Waals surface area contributed by atoms with Gasteiger partial charge in [0.05, 0.1) is 4.90 Å². The van der Waals surface area contributed by atoms with Crippen LogP contribution < -0.4 is 0 Å². The fraction of sp³-hybridized carbons (Fsp3) is 0.533. The summed E-state index contributed by atoms with van der Waals surface area (Å²) in [5.41, 5.74) is 0. The minimum Gasteiger partial charge on any atom is -0.406 e. The van der Waals surface area contributed by atoms with Gasteiger partial charge < -0.3 is 4.43 Å². The Hall–Kier alpha value is -0.676. The Morgan fingerprint density at radius 2 is 1.54 bits per heavy atom. The molecule has 0 aliphatic heterocycles. The molecule has 5 nitrogen and oxygen atoms in total. The lowest BCUT2D eigenvalue weighted by atomic mass is 10.4. The molecule has 1 aromatic rings. The highest BCUT2D eigenvalue weighted by Gasteiger charge is 2.42. The van der Waals surface area contributed by atoms with Crippen LogP contribution in [0.4, 0.5) is 0 Å². The molecule has 1 unspecified atom stereocenters. The Kier molecular flexibility index (Phi) is 6.49. The normalized spacial score (nSPS) is 14.3. The predicted octanol–water partition coefficient (Wildman–Crippen LogP) is 3.93. The lowest BCUT2D eigenvalue weighted by Gasteiger charge is -2.36. The second-order valence-corrected chi connectivity index (χ2v) is 19.4. The summed E-state index contributed by atoms with van der Waals surface area (Å²) in [7, 11) is -8.45. The van der Waals surface area contributed by atoms with Crippen LogP contribution in [0.5, 0.6) is 0 Å². The molecule has 1 amide bonds. The van der Waals surface area contributed by atoms with Crippen LogP contribution in [-0.4, -0.2) is 41.0 Å². The van der Waals surface area contributed by atoms with Crippen molar-refractivity contribution in [3.63, 3.8) is 0 Å². The molecule has 1 rings (SSSR count). The molecule has 1 aromatic carbocycles. The Morgan fingerprint density at radius 1 is 1.08 bits per heavy atom. The molecule has 0 heterocycles. The van der Waals surface area contributed by atoms with Gasteiger partial charge in [0.25, 0.3) is 15.9 Å². The number of hydrogen-bond donors (Lipinski definition) is 0. The van der Waals surface area contributed by atoms with Crippen LogP contribution in [0.15, 0.2) is 29.2 Å². The lowest BCUT2D eigenvalue weighted by molar-refractivity contribution is -0.130. The zero-order chi connectivity index (χ0) is 18.9. The van der Waals surface area contributed by atoms with E-state index in [4.69, 9.17) is 16.0 Å². The van der Waals surface area contributed by atoms with E-state index >= 15 is 0 Å². The van der Waals surface area contributed by atoms with E-state index in [0.717, 1.165) is 3.97 Å². The maximum atomic E-state index is 13.1. The second kappa shape index (κ2) is 7.29. The van der Waals surface area contributed by atoms with E-state index in [0.29, 0.717) is 5.02 Å². The molecule has 9 heteroatoms. The predicted molar refractivity (Wildman–Crippen MR) is 103 cm³/mol. The second-order valence-electron chi connectivity index (χ2n) is 7.60. The van der Waals surface area contributed by atoms with Gasteiger partial charge in [-0.15, -0.1) is 0 Å². The topological polar surface area (TPSA) is 63.7 Å². The van der Waals surface area contributed by atoms with E-state index in [9.17, 15) is 13.2 Å². The highest BCUT2D eigenvalue weighted by molar-refractivity contribution is 7.91. The van der Waals surface area contributed by atoms with Crippen LogP contribution in [0.2, 0.25) is 44.3 Å². The standard InChI is InChI=1S/C15H26ClNO4SSi2/c1-12(21-24(5,6)7)15(18)17(23(2,3)4)22(19,20)14-10-8-13(16)9-11-14/h8-12H,1-7H3. The van der Waals surface area contributed by atoms with Crippen molar-refractivity contribution in [2.24, 2.45) is 0 Å². The number of carbonyl (C=O) groups is 1. The van der Waals surface area contributed by atoms with Gasteiger partial charge >= 0.3 is 0 Å². The van der Waals surface area contributed by atoms with Crippen molar-refractivity contribution < 1.29 is 17.6 Å². The molecule has 0 spiro atoms. The van der Waals surface area contributed by atoms with Gasteiger partial charge in [0, 0.05) is 5.02 Å². The first-order valence-corrected chi connectivity index (χ1v) is 16.4. The van der Waals surface area contributed by atoms with Crippen molar-refractivity contribution in [2.75, 3.05) is 0 Å². The molecule has 136 valence electrons. The molecule has 0 saturated heterocycles. The molecule has 24 heavy (non-hydrogen) atoms. The van der Waals surface area contributed by atoms with E-state index in [-0.39, 0.29) is 4.90 Å². The van der Waals surface area contributed by atoms with Crippen molar-refractivity contribution >= 4 is 44.1 Å². The van der Waals surface area contributed by atoms with Crippen LogP contribution in [0.1, 0.15) is 6.92 Å². The quantitative estimate of drug-likeness (QED) is 0.670. The molecular weight excluding hydrogens is 382 g/mol. The van der Waals surface area contributed by atoms with Crippen molar-refractivity contribution in [2.45, 2.75) is 57.2 Å². The van der Waals surface area contributed by atoms with Crippen molar-refractivity contribution in [3.8, 4) is 0 Å². The lowest BCUT2D eigenvalue weighted by Crippen LogP contribution is -2.56. The van der Waals surface area contributed by atoms with E-state index < -0.39 is 38.6 Å². The summed E-state index contributed by atoms with van der Waals surface area (Å²) < 4.78 is 33.0. The van der Waals surface area contributed by atoms with E-state index in [1.54, 1.807) is 6.92 Å². The molecule has 1 atom stereocenters. The smallest absolute Gasteiger partial charge is 0.259 e. The van der Waals surface area contributed by atoms with Gasteiger partial charge in [-0.05, 0) is 50.8 Å². The Bertz CT molecular complexity index is 694. The maximum absolute atomic E-state index is 13.1. The van der Waals surface area contributed by atoms with Crippen molar-refractivity contribution in [1.82, 2.24) is 3.97 Å². The molecule has 0 aromatic heterocycles. The number of rotatable bonds is 6. The molecule has 0 aliphatic rings. The molecule has 0 aliphatic carbocycles. The van der Waals surface area contributed by atoms with Crippen molar-refractivity contribution in [3.05, 3.63) is 29.3 Å². The zero-order valence-corrected chi connectivity index (χ0v) is 18.8. The average molecular weight is 408 g/mol. The summed E-state index contributed by atoms with van der Waals surface area (Å²) in [6, 6.07) is 5.84. The van der Waals surface area contributed by atoms with Gasteiger partial charge in [0.2, 0.25) is 0 Å². The van der Waals surface area contributed by atoms with Gasteiger partial charge in [-0.3, -0.25) is 8.77 Å². The third-order valence-electron chi connectivity index (χ3n) is 3.04. The molecule has 0 N–H and O–H groups in total. The summed E-state index contributed by atoms with van der Waals surface area (Å²) >= 11 is 5.83. The first-order chi connectivity index (χ1) is 10.7. The Labute approximate surface area is 152 Å². The SMILES string of the molecule is CC(O[Si](C)(C)C)C(=O)N([Si](C)(C)C)S(=O)(=O)c1ccc(Cl)cc1. The number of benzene rings is 1. The fourth-order valence-electron chi connectivity index (χ4n) is 2.27. The summed E-state index contributed by atoms with van der Waals surface area (Å²) in [4.78, 5) is 13.0. The van der Waals surface area contributed by atoms with Gasteiger partial charge in [0.1, 0.15) is 6.10 Å². The number of hydrogen-bond acceptors (Lipinski definition) is 4. The van der Waals surface area contributed by atoms with Gasteiger partial charge in [0.15, 0.2) is 16.6 Å². The minimum absolute atomic E-state index is 0.0582. The van der Waals surface area contributed by atoms with Gasteiger partial charge in [-0.1, -0.05) is 31.2 Å². The fourth-order valence-corrected chi connectivity index (χ4v) is 8.67. The summed E-state index contributed by atoms with van der Waals surface area (Å²) in [5, 5.41) is 0.440. The Balaban J connectivity index is 3.32. The highest BCUT2D eigenvalue weighted by atomic mass is 35.5.